The molecule has 0 saturated heterocycles. The van der Waals surface area contributed by atoms with Gasteiger partial charge in [-0.15, -0.1) is 11.3 Å². The third kappa shape index (κ3) is 3.36. The molecule has 0 unspecified atom stereocenters. The third-order valence-electron chi connectivity index (χ3n) is 2.38. The molecule has 1 amide bonds. The first-order valence-corrected chi connectivity index (χ1v) is 8.76. The minimum absolute atomic E-state index is 0.0226. The number of halogens is 2. The van der Waals surface area contributed by atoms with Gasteiger partial charge in [0.25, 0.3) is 15.9 Å². The molecule has 0 fully saturated rings. The van der Waals surface area contributed by atoms with Gasteiger partial charge < -0.3 is 0 Å². The fourth-order valence-electron chi connectivity index (χ4n) is 1.46. The van der Waals surface area contributed by atoms with Gasteiger partial charge in [-0.25, -0.2) is 17.5 Å². The van der Waals surface area contributed by atoms with E-state index < -0.39 is 21.7 Å². The summed E-state index contributed by atoms with van der Waals surface area (Å²) in [5.74, 6) is -1.74. The van der Waals surface area contributed by atoms with E-state index in [1.807, 2.05) is 27.3 Å². The van der Waals surface area contributed by atoms with Crippen LogP contribution in [0.4, 0.5) is 4.39 Å². The first-order chi connectivity index (χ1) is 9.29. The number of sulfonamides is 1. The van der Waals surface area contributed by atoms with E-state index in [9.17, 15) is 17.6 Å². The Morgan fingerprint density at radius 1 is 1.30 bits per heavy atom. The maximum absolute atomic E-state index is 13.5. The van der Waals surface area contributed by atoms with E-state index in [4.69, 9.17) is 0 Å². The van der Waals surface area contributed by atoms with Gasteiger partial charge in [0.15, 0.2) is 0 Å². The van der Waals surface area contributed by atoms with Crippen molar-refractivity contribution in [2.24, 2.45) is 0 Å². The van der Waals surface area contributed by atoms with Gasteiger partial charge in [0.05, 0.1) is 5.56 Å². The molecule has 1 aromatic carbocycles. The summed E-state index contributed by atoms with van der Waals surface area (Å²) in [6.45, 7) is 1.75. The molecule has 2 aromatic rings. The van der Waals surface area contributed by atoms with Crippen molar-refractivity contribution in [1.29, 1.82) is 0 Å². The zero-order valence-corrected chi connectivity index (χ0v) is 14.0. The van der Waals surface area contributed by atoms with Crippen LogP contribution in [0.2, 0.25) is 0 Å². The van der Waals surface area contributed by atoms with E-state index in [2.05, 4.69) is 0 Å². The van der Waals surface area contributed by atoms with E-state index in [1.165, 1.54) is 18.2 Å². The monoisotopic (exact) mass is 425 g/mol. The van der Waals surface area contributed by atoms with Crippen LogP contribution in [0.5, 0.6) is 0 Å². The van der Waals surface area contributed by atoms with E-state index in [0.717, 1.165) is 22.3 Å². The highest BCUT2D eigenvalue weighted by Crippen LogP contribution is 2.21. The molecule has 0 aliphatic rings. The lowest BCUT2D eigenvalue weighted by Crippen LogP contribution is -2.30. The Hall–Kier alpha value is -1.00. The first kappa shape index (κ1) is 15.4. The molecule has 4 nitrogen and oxygen atoms in total. The number of carbonyl (C=O) groups excluding carboxylic acids is 1. The molecular weight excluding hydrogens is 416 g/mol. The lowest BCUT2D eigenvalue weighted by Gasteiger charge is -2.06. The average Bonchev–Trinajstić information content (AvgIpc) is 2.79. The summed E-state index contributed by atoms with van der Waals surface area (Å²) in [5.41, 5.74) is -0.297. The van der Waals surface area contributed by atoms with Crippen LogP contribution in [0.15, 0.2) is 34.5 Å². The zero-order valence-electron chi connectivity index (χ0n) is 10.2. The van der Waals surface area contributed by atoms with Crippen LogP contribution in [0.3, 0.4) is 0 Å². The topological polar surface area (TPSA) is 63.2 Å². The van der Waals surface area contributed by atoms with Gasteiger partial charge in [0, 0.05) is 8.45 Å². The molecule has 1 N–H and O–H groups in total. The number of aryl methyl sites for hydroxylation is 1. The molecule has 0 aliphatic carbocycles. The summed E-state index contributed by atoms with van der Waals surface area (Å²) in [4.78, 5) is 12.7. The Labute approximate surface area is 133 Å². The van der Waals surface area contributed by atoms with Crippen LogP contribution in [-0.2, 0) is 10.0 Å². The van der Waals surface area contributed by atoms with Gasteiger partial charge in [0.1, 0.15) is 10.0 Å². The number of benzene rings is 1. The van der Waals surface area contributed by atoms with E-state index in [1.54, 1.807) is 13.0 Å². The molecule has 0 spiro atoms. The molecular formula is C12H9FINO3S2. The van der Waals surface area contributed by atoms with Crippen molar-refractivity contribution in [2.75, 3.05) is 0 Å². The molecule has 0 aliphatic heterocycles. The van der Waals surface area contributed by atoms with E-state index >= 15 is 0 Å². The molecule has 1 aromatic heterocycles. The highest BCUT2D eigenvalue weighted by atomic mass is 127. The van der Waals surface area contributed by atoms with Gasteiger partial charge >= 0.3 is 0 Å². The SMILES string of the molecule is Cc1ccc(S(=O)(=O)NC(=O)c2cc(I)ccc2F)s1. The maximum Gasteiger partial charge on any atom is 0.273 e. The van der Waals surface area contributed by atoms with Crippen LogP contribution >= 0.6 is 33.9 Å². The number of rotatable bonds is 3. The Balaban J connectivity index is 2.30. The number of nitrogens with one attached hydrogen (secondary N) is 1. The van der Waals surface area contributed by atoms with Crippen LogP contribution in [0.1, 0.15) is 15.2 Å². The quantitative estimate of drug-likeness (QED) is 0.770. The summed E-state index contributed by atoms with van der Waals surface area (Å²) in [7, 11) is -3.97. The minimum atomic E-state index is -3.97. The molecule has 1 heterocycles. The zero-order chi connectivity index (χ0) is 14.9. The lowest BCUT2D eigenvalue weighted by molar-refractivity contribution is 0.0977. The Kier molecular flexibility index (Phi) is 4.45. The van der Waals surface area contributed by atoms with Crippen molar-refractivity contribution >= 4 is 49.9 Å². The van der Waals surface area contributed by atoms with Crippen LogP contribution in [-0.4, -0.2) is 14.3 Å². The van der Waals surface area contributed by atoms with Gasteiger partial charge in [-0.1, -0.05) is 0 Å². The second-order valence-corrected chi connectivity index (χ2v) is 8.37. The van der Waals surface area contributed by atoms with Gasteiger partial charge in [-0.3, -0.25) is 4.79 Å². The summed E-state index contributed by atoms with van der Waals surface area (Å²) >= 11 is 2.95. The third-order valence-corrected chi connectivity index (χ3v) is 5.88. The lowest BCUT2D eigenvalue weighted by atomic mass is 10.2. The summed E-state index contributed by atoms with van der Waals surface area (Å²) in [6, 6.07) is 6.94. The summed E-state index contributed by atoms with van der Waals surface area (Å²) in [6.07, 6.45) is 0. The number of thiophene rings is 1. The predicted octanol–water partition coefficient (Wildman–Crippen LogP) is 2.92. The highest BCUT2D eigenvalue weighted by Gasteiger charge is 2.22. The van der Waals surface area contributed by atoms with Crippen molar-refractivity contribution in [3.8, 4) is 0 Å². The fourth-order valence-corrected chi connectivity index (χ4v) is 4.20. The average molecular weight is 425 g/mol. The second-order valence-electron chi connectivity index (χ2n) is 3.92. The van der Waals surface area contributed by atoms with E-state index in [0.29, 0.717) is 3.57 Å². The van der Waals surface area contributed by atoms with Crippen LogP contribution < -0.4 is 4.72 Å². The Morgan fingerprint density at radius 3 is 2.60 bits per heavy atom. The molecule has 0 saturated carbocycles. The molecule has 106 valence electrons. The smallest absolute Gasteiger partial charge is 0.268 e. The van der Waals surface area contributed by atoms with Crippen molar-refractivity contribution in [3.05, 3.63) is 50.2 Å². The van der Waals surface area contributed by atoms with Crippen molar-refractivity contribution in [1.82, 2.24) is 4.72 Å². The largest absolute Gasteiger partial charge is 0.273 e. The summed E-state index contributed by atoms with van der Waals surface area (Å²) < 4.78 is 40.0. The number of amides is 1. The molecule has 0 bridgehead atoms. The standard InChI is InChI=1S/C12H9FINO3S2/c1-7-2-5-11(19-7)20(17,18)15-12(16)9-6-8(14)3-4-10(9)13/h2-6H,1H3,(H,15,16). The van der Waals surface area contributed by atoms with Crippen LogP contribution in [0, 0.1) is 16.3 Å². The first-order valence-electron chi connectivity index (χ1n) is 5.38. The van der Waals surface area contributed by atoms with Gasteiger partial charge in [-0.05, 0) is 59.8 Å². The number of hydrogen-bond donors (Lipinski definition) is 1. The van der Waals surface area contributed by atoms with Crippen molar-refractivity contribution in [2.45, 2.75) is 11.1 Å². The molecule has 8 heteroatoms. The minimum Gasteiger partial charge on any atom is -0.268 e. The van der Waals surface area contributed by atoms with E-state index in [-0.39, 0.29) is 9.77 Å². The molecule has 0 atom stereocenters. The maximum atomic E-state index is 13.5. The van der Waals surface area contributed by atoms with Gasteiger partial charge in [0.2, 0.25) is 0 Å². The molecule has 20 heavy (non-hydrogen) atoms. The fraction of sp³-hybridized carbons (Fsp3) is 0.0833. The highest BCUT2D eigenvalue weighted by molar-refractivity contribution is 14.1. The second kappa shape index (κ2) is 5.78. The molecule has 2 rings (SSSR count). The van der Waals surface area contributed by atoms with Gasteiger partial charge in [-0.2, -0.15) is 0 Å². The predicted molar refractivity (Wildman–Crippen MR) is 82.8 cm³/mol. The Bertz CT molecular complexity index is 771. The number of hydrogen-bond acceptors (Lipinski definition) is 4. The molecule has 0 radical (unpaired) electrons. The van der Waals surface area contributed by atoms with Crippen molar-refractivity contribution < 1.29 is 17.6 Å². The Morgan fingerprint density at radius 2 is 2.00 bits per heavy atom. The van der Waals surface area contributed by atoms with Crippen molar-refractivity contribution in [3.63, 3.8) is 0 Å². The summed E-state index contributed by atoms with van der Waals surface area (Å²) in [5, 5.41) is 0. The number of carbonyl (C=O) groups is 1. The normalized spacial score (nSPS) is 11.3. The van der Waals surface area contributed by atoms with Crippen LogP contribution in [0.25, 0.3) is 0 Å².